The van der Waals surface area contributed by atoms with Crippen LogP contribution < -0.4 is 11.1 Å². The molecule has 0 aliphatic carbocycles. The number of carbonyl (C=O) groups is 1. The van der Waals surface area contributed by atoms with E-state index in [-0.39, 0.29) is 18.0 Å². The fourth-order valence-corrected chi connectivity index (χ4v) is 1.52. The number of carbonyl (C=O) groups excluding carboxylic acids is 1. The van der Waals surface area contributed by atoms with Crippen LogP contribution in [0.1, 0.15) is 25.3 Å². The van der Waals surface area contributed by atoms with E-state index in [1.54, 1.807) is 0 Å². The highest BCUT2D eigenvalue weighted by molar-refractivity contribution is 5.92. The molecule has 0 aromatic heterocycles. The molecule has 4 nitrogen and oxygen atoms in total. The molecular formula is C13H17F3N2O2. The molecule has 7 heteroatoms. The maximum absolute atomic E-state index is 12.5. The van der Waals surface area contributed by atoms with Crippen LogP contribution in [0.2, 0.25) is 0 Å². The van der Waals surface area contributed by atoms with E-state index >= 15 is 0 Å². The SMILES string of the molecule is CC(CN)CCC(=O)Nc1cc(C(F)(F)F)ccc1O. The van der Waals surface area contributed by atoms with E-state index in [4.69, 9.17) is 5.73 Å². The number of alkyl halides is 3. The average molecular weight is 290 g/mol. The van der Waals surface area contributed by atoms with Crippen LogP contribution in [0.25, 0.3) is 0 Å². The van der Waals surface area contributed by atoms with Crippen molar-refractivity contribution in [3.8, 4) is 5.75 Å². The Balaban J connectivity index is 2.74. The molecule has 1 aromatic carbocycles. The van der Waals surface area contributed by atoms with E-state index in [1.807, 2.05) is 6.92 Å². The van der Waals surface area contributed by atoms with Crippen LogP contribution in [-0.2, 0) is 11.0 Å². The molecule has 20 heavy (non-hydrogen) atoms. The summed E-state index contributed by atoms with van der Waals surface area (Å²) in [6.07, 6.45) is -3.86. The van der Waals surface area contributed by atoms with Crippen LogP contribution in [0.4, 0.5) is 18.9 Å². The summed E-state index contributed by atoms with van der Waals surface area (Å²) in [6, 6.07) is 2.36. The second-order valence-corrected chi connectivity index (χ2v) is 4.66. The van der Waals surface area contributed by atoms with Crippen molar-refractivity contribution in [1.82, 2.24) is 0 Å². The topological polar surface area (TPSA) is 75.4 Å². The fourth-order valence-electron chi connectivity index (χ4n) is 1.52. The number of nitrogens with two attached hydrogens (primary N) is 1. The van der Waals surface area contributed by atoms with Crippen LogP contribution in [0.3, 0.4) is 0 Å². The molecule has 1 aromatic rings. The third-order valence-corrected chi connectivity index (χ3v) is 2.86. The molecule has 0 radical (unpaired) electrons. The minimum atomic E-state index is -4.53. The van der Waals surface area contributed by atoms with Gasteiger partial charge in [0.2, 0.25) is 5.91 Å². The largest absolute Gasteiger partial charge is 0.506 e. The first-order valence-electron chi connectivity index (χ1n) is 6.14. The highest BCUT2D eigenvalue weighted by Crippen LogP contribution is 2.34. The quantitative estimate of drug-likeness (QED) is 0.730. The first-order chi connectivity index (χ1) is 9.24. The van der Waals surface area contributed by atoms with E-state index in [1.165, 1.54) is 0 Å². The van der Waals surface area contributed by atoms with Crippen molar-refractivity contribution in [2.75, 3.05) is 11.9 Å². The lowest BCUT2D eigenvalue weighted by Gasteiger charge is -2.12. The van der Waals surface area contributed by atoms with Gasteiger partial charge in [0.05, 0.1) is 11.3 Å². The summed E-state index contributed by atoms with van der Waals surface area (Å²) >= 11 is 0. The van der Waals surface area contributed by atoms with Crippen LogP contribution in [0.5, 0.6) is 5.75 Å². The van der Waals surface area contributed by atoms with Crippen molar-refractivity contribution >= 4 is 11.6 Å². The summed E-state index contributed by atoms with van der Waals surface area (Å²) in [4.78, 5) is 11.6. The molecule has 0 aliphatic rings. The lowest BCUT2D eigenvalue weighted by molar-refractivity contribution is -0.137. The van der Waals surface area contributed by atoms with E-state index in [2.05, 4.69) is 5.32 Å². The van der Waals surface area contributed by atoms with Crippen LogP contribution in [0, 0.1) is 5.92 Å². The van der Waals surface area contributed by atoms with E-state index < -0.39 is 23.4 Å². The molecule has 0 heterocycles. The summed E-state index contributed by atoms with van der Waals surface area (Å²) in [5, 5.41) is 11.7. The zero-order chi connectivity index (χ0) is 15.3. The molecule has 4 N–H and O–H groups in total. The fraction of sp³-hybridized carbons (Fsp3) is 0.462. The Labute approximate surface area is 114 Å². The highest BCUT2D eigenvalue weighted by Gasteiger charge is 2.31. The summed E-state index contributed by atoms with van der Waals surface area (Å²) in [6.45, 7) is 2.30. The molecule has 112 valence electrons. The number of phenols is 1. The zero-order valence-corrected chi connectivity index (χ0v) is 11.0. The van der Waals surface area contributed by atoms with Crippen molar-refractivity contribution in [2.24, 2.45) is 11.7 Å². The van der Waals surface area contributed by atoms with Crippen molar-refractivity contribution < 1.29 is 23.1 Å². The molecular weight excluding hydrogens is 273 g/mol. The van der Waals surface area contributed by atoms with Crippen molar-refractivity contribution in [3.63, 3.8) is 0 Å². The first-order valence-corrected chi connectivity index (χ1v) is 6.14. The first kappa shape index (κ1) is 16.3. The number of halogens is 3. The second kappa shape index (κ2) is 6.60. The third-order valence-electron chi connectivity index (χ3n) is 2.86. The van der Waals surface area contributed by atoms with Gasteiger partial charge < -0.3 is 16.2 Å². The zero-order valence-electron chi connectivity index (χ0n) is 11.0. The molecule has 0 fully saturated rings. The van der Waals surface area contributed by atoms with E-state index in [9.17, 15) is 23.1 Å². The lowest BCUT2D eigenvalue weighted by atomic mass is 10.1. The van der Waals surface area contributed by atoms with Crippen LogP contribution in [-0.4, -0.2) is 17.6 Å². The minimum Gasteiger partial charge on any atom is -0.506 e. The molecule has 0 spiro atoms. The Morgan fingerprint density at radius 3 is 2.65 bits per heavy atom. The maximum Gasteiger partial charge on any atom is 0.416 e. The van der Waals surface area contributed by atoms with Gasteiger partial charge in [-0.2, -0.15) is 13.2 Å². The number of nitrogens with one attached hydrogen (secondary N) is 1. The highest BCUT2D eigenvalue weighted by atomic mass is 19.4. The summed E-state index contributed by atoms with van der Waals surface area (Å²) < 4.78 is 37.6. The second-order valence-electron chi connectivity index (χ2n) is 4.66. The molecule has 0 aliphatic heterocycles. The third kappa shape index (κ3) is 4.73. The standard InChI is InChI=1S/C13H17F3N2O2/c1-8(7-17)2-5-12(20)18-10-6-9(13(14,15)16)3-4-11(10)19/h3-4,6,8,19H,2,5,7,17H2,1H3,(H,18,20). The van der Waals surface area contributed by atoms with E-state index in [0.29, 0.717) is 19.0 Å². The van der Waals surface area contributed by atoms with Gasteiger partial charge in [-0.3, -0.25) is 4.79 Å². The van der Waals surface area contributed by atoms with Gasteiger partial charge in [-0.05, 0) is 37.1 Å². The van der Waals surface area contributed by atoms with Crippen LogP contribution in [0.15, 0.2) is 18.2 Å². The number of rotatable bonds is 5. The molecule has 1 atom stereocenters. The molecule has 1 amide bonds. The Bertz CT molecular complexity index is 475. The summed E-state index contributed by atoms with van der Waals surface area (Å²) in [7, 11) is 0. The Morgan fingerprint density at radius 1 is 1.45 bits per heavy atom. The molecule has 0 saturated heterocycles. The van der Waals surface area contributed by atoms with E-state index in [0.717, 1.165) is 12.1 Å². The lowest BCUT2D eigenvalue weighted by Crippen LogP contribution is -2.17. The van der Waals surface area contributed by atoms with Crippen molar-refractivity contribution in [3.05, 3.63) is 23.8 Å². The van der Waals surface area contributed by atoms with Gasteiger partial charge in [-0.15, -0.1) is 0 Å². The van der Waals surface area contributed by atoms with Gasteiger partial charge in [0.1, 0.15) is 5.75 Å². The van der Waals surface area contributed by atoms with Gasteiger partial charge in [0, 0.05) is 6.42 Å². The van der Waals surface area contributed by atoms with Gasteiger partial charge in [0.15, 0.2) is 0 Å². The van der Waals surface area contributed by atoms with Gasteiger partial charge in [-0.1, -0.05) is 6.92 Å². The van der Waals surface area contributed by atoms with Crippen LogP contribution >= 0.6 is 0 Å². The summed E-state index contributed by atoms with van der Waals surface area (Å²) in [5.41, 5.74) is 4.23. The molecule has 0 bridgehead atoms. The molecule has 0 saturated carbocycles. The summed E-state index contributed by atoms with van der Waals surface area (Å²) in [5.74, 6) is -0.714. The predicted octanol–water partition coefficient (Wildman–Crippen LogP) is 2.72. The molecule has 1 unspecified atom stereocenters. The number of benzene rings is 1. The Kier molecular flexibility index (Phi) is 5.38. The van der Waals surface area contributed by atoms with Gasteiger partial charge in [0.25, 0.3) is 0 Å². The van der Waals surface area contributed by atoms with Gasteiger partial charge >= 0.3 is 6.18 Å². The smallest absolute Gasteiger partial charge is 0.416 e. The average Bonchev–Trinajstić information content (AvgIpc) is 2.37. The normalized spacial score (nSPS) is 13.1. The number of anilines is 1. The molecule has 1 rings (SSSR count). The van der Waals surface area contributed by atoms with Crippen molar-refractivity contribution in [2.45, 2.75) is 25.9 Å². The number of phenolic OH excluding ortho intramolecular Hbond substituents is 1. The number of hydrogen-bond acceptors (Lipinski definition) is 3. The minimum absolute atomic E-state index is 0.133. The van der Waals surface area contributed by atoms with Crippen molar-refractivity contribution in [1.29, 1.82) is 0 Å². The monoisotopic (exact) mass is 290 g/mol. The Hall–Kier alpha value is -1.76. The maximum atomic E-state index is 12.5. The number of amides is 1. The van der Waals surface area contributed by atoms with Gasteiger partial charge in [-0.25, -0.2) is 0 Å². The predicted molar refractivity (Wildman–Crippen MR) is 69.2 cm³/mol. The number of hydrogen-bond donors (Lipinski definition) is 3. The number of aromatic hydroxyl groups is 1. The Morgan fingerprint density at radius 2 is 2.10 bits per heavy atom.